The number of aliphatic hydroxyl groups is 3. The third-order valence-corrected chi connectivity index (χ3v) is 3.41. The summed E-state index contributed by atoms with van der Waals surface area (Å²) in [6.45, 7) is -0.472. The highest BCUT2D eigenvalue weighted by atomic mass is 16.6. The van der Waals surface area contributed by atoms with E-state index in [0.29, 0.717) is 5.69 Å². The molecule has 2 rings (SSSR count). The van der Waals surface area contributed by atoms with Crippen molar-refractivity contribution >= 4 is 11.4 Å². The van der Waals surface area contributed by atoms with Crippen molar-refractivity contribution in [2.75, 3.05) is 12.0 Å². The number of hydrogen-bond donors (Lipinski definition) is 6. The molecule has 0 amide bonds. The van der Waals surface area contributed by atoms with Crippen LogP contribution in [0.1, 0.15) is 0 Å². The van der Waals surface area contributed by atoms with Gasteiger partial charge in [0.15, 0.2) is 0 Å². The minimum Gasteiger partial charge on any atom is -0.394 e. The lowest BCUT2D eigenvalue weighted by molar-refractivity contribution is -0.384. The number of nitrogens with two attached hydrogens (primary N) is 1. The first-order valence-electron chi connectivity index (χ1n) is 6.58. The van der Waals surface area contributed by atoms with Crippen LogP contribution in [0.3, 0.4) is 0 Å². The van der Waals surface area contributed by atoms with Gasteiger partial charge < -0.3 is 31.2 Å². The zero-order valence-electron chi connectivity index (χ0n) is 11.5. The molecule has 1 aromatic carbocycles. The number of benzene rings is 1. The summed E-state index contributed by atoms with van der Waals surface area (Å²) >= 11 is 0. The van der Waals surface area contributed by atoms with Gasteiger partial charge in [-0.15, -0.1) is 0 Å². The summed E-state index contributed by atoms with van der Waals surface area (Å²) in [7, 11) is 0. The van der Waals surface area contributed by atoms with E-state index in [9.17, 15) is 20.3 Å². The second-order valence-corrected chi connectivity index (χ2v) is 4.91. The summed E-state index contributed by atoms with van der Waals surface area (Å²) in [5.41, 5.74) is 11.7. The van der Waals surface area contributed by atoms with Crippen molar-refractivity contribution in [3.05, 3.63) is 34.4 Å². The molecule has 10 heteroatoms. The number of hydrazine groups is 1. The number of nitro benzene ring substituents is 1. The van der Waals surface area contributed by atoms with Crippen molar-refractivity contribution in [3.63, 3.8) is 0 Å². The summed E-state index contributed by atoms with van der Waals surface area (Å²) in [6.07, 6.45) is -4.38. The maximum atomic E-state index is 10.6. The van der Waals surface area contributed by atoms with Crippen molar-refractivity contribution in [1.29, 1.82) is 0 Å². The van der Waals surface area contributed by atoms with Crippen LogP contribution in [-0.2, 0) is 4.74 Å². The molecular weight excluding hydrogens is 296 g/mol. The Bertz CT molecular complexity index is 511. The lowest BCUT2D eigenvalue weighted by atomic mass is 9.97. The summed E-state index contributed by atoms with van der Waals surface area (Å²) in [6, 6.07) is 4.67. The Morgan fingerprint density at radius 1 is 1.27 bits per heavy atom. The summed E-state index contributed by atoms with van der Waals surface area (Å²) in [4.78, 5) is 10.0. The number of non-ortho nitro benzene ring substituents is 1. The molecule has 1 saturated heterocycles. The molecule has 1 fully saturated rings. The zero-order chi connectivity index (χ0) is 16.3. The third-order valence-electron chi connectivity index (χ3n) is 3.41. The standard InChI is InChI=1S/C12H18N4O6/c13-9-11(19)10(18)8(5-17)22-12(9)15-14-6-1-3-7(4-2-6)16(20)21/h1-4,8-12,14-15,17-19H,5,13H2/t8-,9-,10-,11-,12-/m1/s1. The van der Waals surface area contributed by atoms with Crippen LogP contribution < -0.4 is 16.6 Å². The minimum atomic E-state index is -1.28. The molecule has 22 heavy (non-hydrogen) atoms. The lowest BCUT2D eigenvalue weighted by Crippen LogP contribution is -2.66. The molecule has 0 radical (unpaired) electrons. The van der Waals surface area contributed by atoms with E-state index >= 15 is 0 Å². The smallest absolute Gasteiger partial charge is 0.269 e. The first-order chi connectivity index (χ1) is 10.4. The van der Waals surface area contributed by atoms with Gasteiger partial charge in [-0.05, 0) is 12.1 Å². The predicted octanol–water partition coefficient (Wildman–Crippen LogP) is -1.72. The number of nitrogens with zero attached hydrogens (tertiary/aromatic N) is 1. The maximum absolute atomic E-state index is 10.6. The minimum absolute atomic E-state index is 0.0462. The van der Waals surface area contributed by atoms with Gasteiger partial charge in [0, 0.05) is 17.8 Å². The molecule has 122 valence electrons. The first-order valence-corrected chi connectivity index (χ1v) is 6.58. The maximum Gasteiger partial charge on any atom is 0.269 e. The number of nitro groups is 1. The Labute approximate surface area is 125 Å². The van der Waals surface area contributed by atoms with Gasteiger partial charge in [-0.1, -0.05) is 0 Å². The summed E-state index contributed by atoms with van der Waals surface area (Å²) in [5.74, 6) is 0. The van der Waals surface area contributed by atoms with Gasteiger partial charge in [0.05, 0.1) is 17.6 Å². The predicted molar refractivity (Wildman–Crippen MR) is 75.6 cm³/mol. The molecule has 1 heterocycles. The highest BCUT2D eigenvalue weighted by molar-refractivity contribution is 5.47. The van der Waals surface area contributed by atoms with Gasteiger partial charge in [0.1, 0.15) is 24.5 Å². The molecule has 0 aliphatic carbocycles. The molecule has 0 saturated carbocycles. The van der Waals surface area contributed by atoms with Crippen LogP contribution in [0.25, 0.3) is 0 Å². The quantitative estimate of drug-likeness (QED) is 0.274. The molecule has 0 unspecified atom stereocenters. The Hall–Kier alpha value is -1.82. The number of nitrogens with one attached hydrogen (secondary N) is 2. The van der Waals surface area contributed by atoms with Crippen LogP contribution in [0.5, 0.6) is 0 Å². The summed E-state index contributed by atoms with van der Waals surface area (Å²) in [5, 5.41) is 39.1. The van der Waals surface area contributed by atoms with E-state index in [-0.39, 0.29) is 5.69 Å². The second-order valence-electron chi connectivity index (χ2n) is 4.91. The van der Waals surface area contributed by atoms with Crippen molar-refractivity contribution in [2.45, 2.75) is 30.6 Å². The number of hydrogen-bond acceptors (Lipinski definition) is 9. The number of anilines is 1. The van der Waals surface area contributed by atoms with E-state index in [1.807, 2.05) is 0 Å². The van der Waals surface area contributed by atoms with Crippen molar-refractivity contribution < 1.29 is 25.0 Å². The molecule has 1 aliphatic rings. The Kier molecular flexibility index (Phi) is 5.24. The van der Waals surface area contributed by atoms with Gasteiger partial charge in [0.25, 0.3) is 5.69 Å². The molecule has 1 aliphatic heterocycles. The summed E-state index contributed by atoms with van der Waals surface area (Å²) < 4.78 is 5.35. The average Bonchev–Trinajstić information content (AvgIpc) is 2.52. The van der Waals surface area contributed by atoms with Crippen molar-refractivity contribution in [2.24, 2.45) is 5.73 Å². The fraction of sp³-hybridized carbons (Fsp3) is 0.500. The van der Waals surface area contributed by atoms with Crippen LogP contribution >= 0.6 is 0 Å². The molecule has 0 spiro atoms. The first kappa shape index (κ1) is 16.5. The fourth-order valence-corrected chi connectivity index (χ4v) is 2.09. The SMILES string of the molecule is N[C@@H]1[C@@H](O)[C@H](O)[C@@H](CO)O[C@H]1NNc1ccc([N+](=O)[O-])cc1. The van der Waals surface area contributed by atoms with Gasteiger partial charge in [-0.2, -0.15) is 0 Å². The number of rotatable bonds is 5. The molecule has 1 aromatic rings. The highest BCUT2D eigenvalue weighted by Crippen LogP contribution is 2.19. The fourth-order valence-electron chi connectivity index (χ4n) is 2.09. The van der Waals surface area contributed by atoms with Gasteiger partial charge in [0.2, 0.25) is 0 Å². The van der Waals surface area contributed by atoms with Crippen molar-refractivity contribution in [3.8, 4) is 0 Å². The van der Waals surface area contributed by atoms with Crippen LogP contribution in [0.4, 0.5) is 11.4 Å². The number of ether oxygens (including phenoxy) is 1. The average molecular weight is 314 g/mol. The van der Waals surface area contributed by atoms with E-state index in [1.165, 1.54) is 24.3 Å². The van der Waals surface area contributed by atoms with Gasteiger partial charge in [-0.25, -0.2) is 5.43 Å². The van der Waals surface area contributed by atoms with Crippen LogP contribution in [0.2, 0.25) is 0 Å². The van der Waals surface area contributed by atoms with Gasteiger partial charge in [-0.3, -0.25) is 10.1 Å². The molecule has 5 atom stereocenters. The molecule has 0 aromatic heterocycles. The lowest BCUT2D eigenvalue weighted by Gasteiger charge is -2.41. The third kappa shape index (κ3) is 3.50. The van der Waals surface area contributed by atoms with Crippen molar-refractivity contribution in [1.82, 2.24) is 5.43 Å². The van der Waals surface area contributed by atoms with Crippen LogP contribution in [0.15, 0.2) is 24.3 Å². The topological polar surface area (TPSA) is 163 Å². The van der Waals surface area contributed by atoms with Crippen LogP contribution in [-0.4, -0.2) is 57.4 Å². The Morgan fingerprint density at radius 3 is 2.45 bits per heavy atom. The zero-order valence-corrected chi connectivity index (χ0v) is 11.5. The molecule has 7 N–H and O–H groups in total. The van der Waals surface area contributed by atoms with Gasteiger partial charge >= 0.3 is 0 Å². The van der Waals surface area contributed by atoms with E-state index in [2.05, 4.69) is 10.9 Å². The Morgan fingerprint density at radius 2 is 1.91 bits per heavy atom. The highest BCUT2D eigenvalue weighted by Gasteiger charge is 2.42. The number of aliphatic hydroxyl groups excluding tert-OH is 3. The molecular formula is C12H18N4O6. The monoisotopic (exact) mass is 314 g/mol. The Balaban J connectivity index is 1.96. The van der Waals surface area contributed by atoms with E-state index in [1.54, 1.807) is 0 Å². The molecule has 0 bridgehead atoms. The molecule has 10 nitrogen and oxygen atoms in total. The van der Waals surface area contributed by atoms with Crippen LogP contribution in [0, 0.1) is 10.1 Å². The normalized spacial score (nSPS) is 31.7. The second kappa shape index (κ2) is 6.96. The largest absolute Gasteiger partial charge is 0.394 e. The van der Waals surface area contributed by atoms with E-state index in [0.717, 1.165) is 0 Å². The van der Waals surface area contributed by atoms with E-state index in [4.69, 9.17) is 15.6 Å². The van der Waals surface area contributed by atoms with E-state index < -0.39 is 42.1 Å².